The Bertz CT molecular complexity index is 700. The van der Waals surface area contributed by atoms with Gasteiger partial charge < -0.3 is 10.2 Å². The second-order valence-corrected chi connectivity index (χ2v) is 5.64. The number of nitrogens with zero attached hydrogens (tertiary/aromatic N) is 3. The summed E-state index contributed by atoms with van der Waals surface area (Å²) in [6, 6.07) is 7.65. The number of aromatic nitrogens is 2. The number of benzene rings is 1. The van der Waals surface area contributed by atoms with Crippen molar-refractivity contribution in [3.8, 4) is 0 Å². The molecule has 120 valence electrons. The topological polar surface area (TPSA) is 70.1 Å². The molecular weight excluding hydrogens is 321 g/mol. The Balaban J connectivity index is 1.55. The standard InChI is InChI=1S/C15H15ClFN5O/c16-12-8-11(3-4-13(12)17)22-7-5-10(9-22)19-15(23)20-14-2-1-6-18-21-14/h1-4,6,8,10H,5,7,9H2,(H2,19,20,21,23)/t10-/m0/s1. The highest BCUT2D eigenvalue weighted by Crippen LogP contribution is 2.25. The van der Waals surface area contributed by atoms with Crippen LogP contribution in [0.3, 0.4) is 0 Å². The van der Waals surface area contributed by atoms with Crippen LogP contribution < -0.4 is 15.5 Å². The van der Waals surface area contributed by atoms with Gasteiger partial charge in [0.25, 0.3) is 0 Å². The Morgan fingerprint density at radius 2 is 2.26 bits per heavy atom. The molecular formula is C15H15ClFN5O. The van der Waals surface area contributed by atoms with E-state index in [4.69, 9.17) is 11.6 Å². The number of rotatable bonds is 3. The van der Waals surface area contributed by atoms with Crippen molar-refractivity contribution in [2.75, 3.05) is 23.3 Å². The van der Waals surface area contributed by atoms with E-state index in [1.807, 2.05) is 0 Å². The number of halogens is 2. The molecule has 0 aliphatic carbocycles. The molecule has 1 aromatic heterocycles. The van der Waals surface area contributed by atoms with E-state index in [-0.39, 0.29) is 17.1 Å². The summed E-state index contributed by atoms with van der Waals surface area (Å²) in [5.74, 6) is -0.0437. The molecule has 8 heteroatoms. The summed E-state index contributed by atoms with van der Waals surface area (Å²) in [6.07, 6.45) is 2.33. The van der Waals surface area contributed by atoms with Gasteiger partial charge in [0.15, 0.2) is 5.82 Å². The lowest BCUT2D eigenvalue weighted by Crippen LogP contribution is -2.39. The fourth-order valence-electron chi connectivity index (χ4n) is 2.50. The van der Waals surface area contributed by atoms with Gasteiger partial charge in [-0.15, -0.1) is 5.10 Å². The number of urea groups is 1. The van der Waals surface area contributed by atoms with Crippen LogP contribution in [0.4, 0.5) is 20.7 Å². The van der Waals surface area contributed by atoms with Crippen molar-refractivity contribution in [2.24, 2.45) is 0 Å². The quantitative estimate of drug-likeness (QED) is 0.904. The van der Waals surface area contributed by atoms with E-state index in [0.29, 0.717) is 12.4 Å². The number of hydrogen-bond donors (Lipinski definition) is 2. The summed E-state index contributed by atoms with van der Waals surface area (Å²) in [6.45, 7) is 1.40. The minimum Gasteiger partial charge on any atom is -0.369 e. The zero-order valence-electron chi connectivity index (χ0n) is 12.2. The van der Waals surface area contributed by atoms with Gasteiger partial charge in [0, 0.05) is 31.0 Å². The summed E-state index contributed by atoms with van der Waals surface area (Å²) in [5.41, 5.74) is 0.843. The summed E-state index contributed by atoms with van der Waals surface area (Å²) in [5, 5.41) is 13.1. The van der Waals surface area contributed by atoms with Crippen LogP contribution in [0.5, 0.6) is 0 Å². The lowest BCUT2D eigenvalue weighted by molar-refractivity contribution is 0.249. The molecule has 1 aliphatic rings. The summed E-state index contributed by atoms with van der Waals surface area (Å²) in [7, 11) is 0. The van der Waals surface area contributed by atoms with Crippen molar-refractivity contribution in [3.63, 3.8) is 0 Å². The van der Waals surface area contributed by atoms with Crippen LogP contribution in [0.25, 0.3) is 0 Å². The summed E-state index contributed by atoms with van der Waals surface area (Å²) < 4.78 is 13.2. The lowest BCUT2D eigenvalue weighted by atomic mass is 10.2. The molecule has 0 unspecified atom stereocenters. The molecule has 0 radical (unpaired) electrons. The maximum absolute atomic E-state index is 13.2. The van der Waals surface area contributed by atoms with Crippen LogP contribution in [-0.2, 0) is 0 Å². The van der Waals surface area contributed by atoms with Gasteiger partial charge in [-0.25, -0.2) is 9.18 Å². The Morgan fingerprint density at radius 3 is 3.00 bits per heavy atom. The molecule has 0 spiro atoms. The number of carbonyl (C=O) groups excluding carboxylic acids is 1. The predicted octanol–water partition coefficient (Wildman–Crippen LogP) is 2.67. The van der Waals surface area contributed by atoms with Gasteiger partial charge in [0.2, 0.25) is 0 Å². The van der Waals surface area contributed by atoms with E-state index in [9.17, 15) is 9.18 Å². The van der Waals surface area contributed by atoms with Gasteiger partial charge in [-0.05, 0) is 36.8 Å². The molecule has 0 saturated carbocycles. The third-order valence-corrected chi connectivity index (χ3v) is 3.90. The first kappa shape index (κ1) is 15.5. The van der Waals surface area contributed by atoms with Crippen molar-refractivity contribution in [1.82, 2.24) is 15.5 Å². The Morgan fingerprint density at radius 1 is 1.39 bits per heavy atom. The van der Waals surface area contributed by atoms with Crippen LogP contribution in [0.2, 0.25) is 5.02 Å². The fourth-order valence-corrected chi connectivity index (χ4v) is 2.68. The lowest BCUT2D eigenvalue weighted by Gasteiger charge is -2.19. The maximum Gasteiger partial charge on any atom is 0.320 e. The van der Waals surface area contributed by atoms with Crippen LogP contribution in [0, 0.1) is 5.82 Å². The number of anilines is 2. The van der Waals surface area contributed by atoms with Gasteiger partial charge in [-0.2, -0.15) is 5.10 Å². The molecule has 2 N–H and O–H groups in total. The minimum atomic E-state index is -0.437. The van der Waals surface area contributed by atoms with Gasteiger partial charge >= 0.3 is 6.03 Å². The Labute approximate surface area is 137 Å². The molecule has 1 aliphatic heterocycles. The minimum absolute atomic E-state index is 0.00417. The van der Waals surface area contributed by atoms with Gasteiger partial charge in [-0.3, -0.25) is 5.32 Å². The second-order valence-electron chi connectivity index (χ2n) is 5.24. The molecule has 0 bridgehead atoms. The summed E-state index contributed by atoms with van der Waals surface area (Å²) >= 11 is 5.81. The molecule has 2 heterocycles. The molecule has 1 fully saturated rings. The third-order valence-electron chi connectivity index (χ3n) is 3.61. The highest BCUT2D eigenvalue weighted by molar-refractivity contribution is 6.31. The maximum atomic E-state index is 13.2. The van der Waals surface area contributed by atoms with Gasteiger partial charge in [0.05, 0.1) is 5.02 Å². The van der Waals surface area contributed by atoms with E-state index in [0.717, 1.165) is 18.7 Å². The van der Waals surface area contributed by atoms with E-state index in [2.05, 4.69) is 25.7 Å². The first-order chi connectivity index (χ1) is 11.1. The van der Waals surface area contributed by atoms with Crippen molar-refractivity contribution >= 4 is 29.1 Å². The molecule has 1 saturated heterocycles. The molecule has 2 amide bonds. The Hall–Kier alpha value is -2.41. The molecule has 3 rings (SSSR count). The highest BCUT2D eigenvalue weighted by atomic mass is 35.5. The second kappa shape index (κ2) is 6.78. The smallest absolute Gasteiger partial charge is 0.320 e. The van der Waals surface area contributed by atoms with Crippen molar-refractivity contribution in [2.45, 2.75) is 12.5 Å². The highest BCUT2D eigenvalue weighted by Gasteiger charge is 2.24. The zero-order valence-corrected chi connectivity index (χ0v) is 12.9. The monoisotopic (exact) mass is 335 g/mol. The van der Waals surface area contributed by atoms with Gasteiger partial charge in [-0.1, -0.05) is 11.6 Å². The predicted molar refractivity (Wildman–Crippen MR) is 86.2 cm³/mol. The Kier molecular flexibility index (Phi) is 4.57. The van der Waals surface area contributed by atoms with E-state index >= 15 is 0 Å². The normalized spacial score (nSPS) is 17.1. The van der Waals surface area contributed by atoms with Crippen LogP contribution in [0.1, 0.15) is 6.42 Å². The largest absolute Gasteiger partial charge is 0.369 e. The average Bonchev–Trinajstić information content (AvgIpc) is 2.99. The number of nitrogens with one attached hydrogen (secondary N) is 2. The first-order valence-electron chi connectivity index (χ1n) is 7.17. The molecule has 2 aromatic rings. The molecule has 1 aromatic carbocycles. The van der Waals surface area contributed by atoms with E-state index in [1.165, 1.54) is 12.3 Å². The SMILES string of the molecule is O=C(Nc1cccnn1)N[C@H]1CCN(c2ccc(F)c(Cl)c2)C1. The number of hydrogen-bond acceptors (Lipinski definition) is 4. The first-order valence-corrected chi connectivity index (χ1v) is 7.55. The zero-order chi connectivity index (χ0) is 16.2. The fraction of sp³-hybridized carbons (Fsp3) is 0.267. The average molecular weight is 336 g/mol. The van der Waals surface area contributed by atoms with Gasteiger partial charge in [0.1, 0.15) is 5.82 Å². The van der Waals surface area contributed by atoms with E-state index in [1.54, 1.807) is 24.3 Å². The van der Waals surface area contributed by atoms with Crippen LogP contribution in [-0.4, -0.2) is 35.4 Å². The number of carbonyl (C=O) groups is 1. The van der Waals surface area contributed by atoms with Crippen molar-refractivity contribution in [1.29, 1.82) is 0 Å². The molecule has 6 nitrogen and oxygen atoms in total. The van der Waals surface area contributed by atoms with Crippen molar-refractivity contribution < 1.29 is 9.18 Å². The number of amides is 2. The van der Waals surface area contributed by atoms with Crippen LogP contribution in [0.15, 0.2) is 36.5 Å². The van der Waals surface area contributed by atoms with E-state index < -0.39 is 5.82 Å². The van der Waals surface area contributed by atoms with Crippen LogP contribution >= 0.6 is 11.6 Å². The molecule has 23 heavy (non-hydrogen) atoms. The van der Waals surface area contributed by atoms with Crippen molar-refractivity contribution in [3.05, 3.63) is 47.4 Å². The third kappa shape index (κ3) is 3.87. The molecule has 1 atom stereocenters. The summed E-state index contributed by atoms with van der Waals surface area (Å²) in [4.78, 5) is 14.0.